The molecular formula is C27H25N3O6. The van der Waals surface area contributed by atoms with Crippen LogP contribution in [0.3, 0.4) is 0 Å². The van der Waals surface area contributed by atoms with Gasteiger partial charge in [0.2, 0.25) is 0 Å². The fourth-order valence-electron chi connectivity index (χ4n) is 3.97. The molecule has 3 aromatic carbocycles. The number of amides is 1. The lowest BCUT2D eigenvalue weighted by Crippen LogP contribution is -2.40. The zero-order valence-corrected chi connectivity index (χ0v) is 19.9. The summed E-state index contributed by atoms with van der Waals surface area (Å²) in [6.45, 7) is 2.40. The van der Waals surface area contributed by atoms with Gasteiger partial charge < -0.3 is 15.2 Å². The number of fused-ring (bicyclic) bond motifs is 1. The van der Waals surface area contributed by atoms with Crippen LogP contribution in [0.15, 0.2) is 76.3 Å². The molecule has 0 radical (unpaired) electrons. The smallest absolute Gasteiger partial charge is 0.335 e. The van der Waals surface area contributed by atoms with Gasteiger partial charge in [-0.05, 0) is 60.5 Å². The minimum Gasteiger partial charge on any atom is -0.497 e. The van der Waals surface area contributed by atoms with E-state index in [-0.39, 0.29) is 23.4 Å². The first-order chi connectivity index (χ1) is 17.3. The van der Waals surface area contributed by atoms with Gasteiger partial charge in [-0.25, -0.2) is 9.59 Å². The van der Waals surface area contributed by atoms with Crippen molar-refractivity contribution in [2.45, 2.75) is 26.6 Å². The lowest BCUT2D eigenvalue weighted by atomic mass is 10.1. The highest BCUT2D eigenvalue weighted by Gasteiger charge is 2.16. The van der Waals surface area contributed by atoms with E-state index in [0.717, 1.165) is 15.9 Å². The maximum atomic E-state index is 13.3. The van der Waals surface area contributed by atoms with Crippen molar-refractivity contribution in [1.29, 1.82) is 0 Å². The number of aromatic nitrogens is 2. The first-order valence-electron chi connectivity index (χ1n) is 11.3. The van der Waals surface area contributed by atoms with E-state index in [4.69, 9.17) is 9.84 Å². The quantitative estimate of drug-likeness (QED) is 0.394. The Morgan fingerprint density at radius 1 is 0.889 bits per heavy atom. The standard InChI is InChI=1S/C27H25N3O6/c1-3-29-23-13-10-20(24(31)28-15-17-6-11-21(36-2)12-7-17)14-22(23)25(32)30(27(29)35)16-18-4-8-19(9-5-18)26(33)34/h4-14H,3,15-16H2,1-2H3,(H,28,31)(H,33,34). The number of carbonyl (C=O) groups is 2. The highest BCUT2D eigenvalue weighted by atomic mass is 16.5. The Morgan fingerprint density at radius 2 is 1.53 bits per heavy atom. The Bertz CT molecular complexity index is 1550. The highest BCUT2D eigenvalue weighted by molar-refractivity contribution is 5.97. The predicted molar refractivity (Wildman–Crippen MR) is 135 cm³/mol. The van der Waals surface area contributed by atoms with Crippen LogP contribution in [-0.4, -0.2) is 33.2 Å². The fraction of sp³-hybridized carbons (Fsp3) is 0.185. The molecule has 4 aromatic rings. The third kappa shape index (κ3) is 4.90. The maximum Gasteiger partial charge on any atom is 0.335 e. The van der Waals surface area contributed by atoms with Crippen LogP contribution in [0, 0.1) is 0 Å². The Labute approximate surface area is 206 Å². The molecule has 1 amide bonds. The number of hydrogen-bond donors (Lipinski definition) is 2. The number of rotatable bonds is 8. The lowest BCUT2D eigenvalue weighted by molar-refractivity contribution is 0.0696. The van der Waals surface area contributed by atoms with Crippen LogP contribution in [0.1, 0.15) is 38.8 Å². The minimum atomic E-state index is -1.06. The molecule has 0 aliphatic carbocycles. The molecule has 0 bridgehead atoms. The van der Waals surface area contributed by atoms with Gasteiger partial charge in [-0.1, -0.05) is 24.3 Å². The van der Waals surface area contributed by atoms with Gasteiger partial charge in [-0.15, -0.1) is 0 Å². The van der Waals surface area contributed by atoms with E-state index in [1.165, 1.54) is 22.8 Å². The van der Waals surface area contributed by atoms with Gasteiger partial charge >= 0.3 is 11.7 Å². The van der Waals surface area contributed by atoms with Gasteiger partial charge in [0.05, 0.1) is 30.1 Å². The molecule has 0 saturated heterocycles. The second kappa shape index (κ2) is 10.3. The fourth-order valence-corrected chi connectivity index (χ4v) is 3.97. The van der Waals surface area contributed by atoms with Crippen LogP contribution < -0.4 is 21.3 Å². The third-order valence-electron chi connectivity index (χ3n) is 5.96. The van der Waals surface area contributed by atoms with Gasteiger partial charge in [-0.3, -0.25) is 18.7 Å². The summed E-state index contributed by atoms with van der Waals surface area (Å²) in [6.07, 6.45) is 0. The molecule has 1 aromatic heterocycles. The van der Waals surface area contributed by atoms with Crippen molar-refractivity contribution in [3.63, 3.8) is 0 Å². The van der Waals surface area contributed by atoms with Gasteiger partial charge in [0.15, 0.2) is 0 Å². The van der Waals surface area contributed by atoms with Crippen molar-refractivity contribution in [2.75, 3.05) is 7.11 Å². The second-order valence-corrected chi connectivity index (χ2v) is 8.18. The third-order valence-corrected chi connectivity index (χ3v) is 5.96. The number of aryl methyl sites for hydroxylation is 1. The van der Waals surface area contributed by atoms with E-state index in [0.29, 0.717) is 29.7 Å². The molecule has 0 aliphatic heterocycles. The van der Waals surface area contributed by atoms with Crippen molar-refractivity contribution in [3.05, 3.63) is 110 Å². The summed E-state index contributed by atoms with van der Waals surface area (Å²) >= 11 is 0. The van der Waals surface area contributed by atoms with Crippen molar-refractivity contribution < 1.29 is 19.4 Å². The summed E-state index contributed by atoms with van der Waals surface area (Å²) in [4.78, 5) is 50.3. The molecule has 36 heavy (non-hydrogen) atoms. The number of methoxy groups -OCH3 is 1. The topological polar surface area (TPSA) is 120 Å². The Hall–Kier alpha value is -4.66. The van der Waals surface area contributed by atoms with Crippen molar-refractivity contribution in [2.24, 2.45) is 0 Å². The SMILES string of the molecule is CCn1c(=O)n(Cc2ccc(C(=O)O)cc2)c(=O)c2cc(C(=O)NCc3ccc(OC)cc3)ccc21. The van der Waals surface area contributed by atoms with Gasteiger partial charge in [0.25, 0.3) is 11.5 Å². The number of carboxylic acids is 1. The zero-order valence-electron chi connectivity index (χ0n) is 19.9. The molecule has 184 valence electrons. The van der Waals surface area contributed by atoms with E-state index in [1.54, 1.807) is 50.4 Å². The number of aromatic carboxylic acids is 1. The molecule has 2 N–H and O–H groups in total. The molecule has 9 nitrogen and oxygen atoms in total. The monoisotopic (exact) mass is 487 g/mol. The van der Waals surface area contributed by atoms with Gasteiger partial charge in [0, 0.05) is 18.7 Å². The van der Waals surface area contributed by atoms with E-state index in [2.05, 4.69) is 5.32 Å². The largest absolute Gasteiger partial charge is 0.497 e. The lowest BCUT2D eigenvalue weighted by Gasteiger charge is -2.14. The molecule has 0 unspecified atom stereocenters. The van der Waals surface area contributed by atoms with Crippen molar-refractivity contribution in [1.82, 2.24) is 14.5 Å². The molecule has 1 heterocycles. The first kappa shape index (κ1) is 24.5. The highest BCUT2D eigenvalue weighted by Crippen LogP contribution is 2.14. The van der Waals surface area contributed by atoms with Crippen LogP contribution in [-0.2, 0) is 19.6 Å². The summed E-state index contributed by atoms with van der Waals surface area (Å²) in [6, 6.07) is 18.0. The van der Waals surface area contributed by atoms with Gasteiger partial charge in [0.1, 0.15) is 5.75 Å². The minimum absolute atomic E-state index is 0.0264. The van der Waals surface area contributed by atoms with Crippen molar-refractivity contribution in [3.8, 4) is 5.75 Å². The average molecular weight is 488 g/mol. The summed E-state index contributed by atoms with van der Waals surface area (Å²) in [5, 5.41) is 12.2. The van der Waals surface area contributed by atoms with E-state index >= 15 is 0 Å². The second-order valence-electron chi connectivity index (χ2n) is 8.18. The summed E-state index contributed by atoms with van der Waals surface area (Å²) in [7, 11) is 1.58. The zero-order chi connectivity index (χ0) is 25.8. The van der Waals surface area contributed by atoms with E-state index in [9.17, 15) is 19.2 Å². The van der Waals surface area contributed by atoms with Crippen molar-refractivity contribution >= 4 is 22.8 Å². The van der Waals surface area contributed by atoms with Crippen LogP contribution >= 0.6 is 0 Å². The molecule has 0 fully saturated rings. The number of ether oxygens (including phenoxy) is 1. The van der Waals surface area contributed by atoms with Crippen LogP contribution in [0.25, 0.3) is 10.9 Å². The molecule has 0 aliphatic rings. The number of carboxylic acid groups (broad SMARTS) is 1. The molecule has 4 rings (SSSR count). The molecule has 0 spiro atoms. The predicted octanol–water partition coefficient (Wildman–Crippen LogP) is 2.87. The summed E-state index contributed by atoms with van der Waals surface area (Å²) < 4.78 is 7.71. The van der Waals surface area contributed by atoms with E-state index in [1.807, 2.05) is 12.1 Å². The summed E-state index contributed by atoms with van der Waals surface area (Å²) in [5.41, 5.74) is 1.35. The maximum absolute atomic E-state index is 13.3. The number of benzene rings is 3. The van der Waals surface area contributed by atoms with Crippen LogP contribution in [0.4, 0.5) is 0 Å². The van der Waals surface area contributed by atoms with Crippen LogP contribution in [0.2, 0.25) is 0 Å². The number of nitrogens with zero attached hydrogens (tertiary/aromatic N) is 2. The Morgan fingerprint density at radius 3 is 2.14 bits per heavy atom. The average Bonchev–Trinajstić information content (AvgIpc) is 2.90. The molecular weight excluding hydrogens is 462 g/mol. The van der Waals surface area contributed by atoms with Gasteiger partial charge in [-0.2, -0.15) is 0 Å². The molecule has 0 atom stereocenters. The van der Waals surface area contributed by atoms with E-state index < -0.39 is 17.2 Å². The summed E-state index contributed by atoms with van der Waals surface area (Å²) in [5.74, 6) is -0.691. The Kier molecular flexibility index (Phi) is 7.00. The first-order valence-corrected chi connectivity index (χ1v) is 11.3. The molecule has 9 heteroatoms. The number of hydrogen-bond acceptors (Lipinski definition) is 5. The number of carbonyl (C=O) groups excluding carboxylic acids is 1. The number of nitrogens with one attached hydrogen (secondary N) is 1. The molecule has 0 saturated carbocycles. The normalized spacial score (nSPS) is 10.8. The van der Waals surface area contributed by atoms with Crippen LogP contribution in [0.5, 0.6) is 5.75 Å². The Balaban J connectivity index is 1.66.